The van der Waals surface area contributed by atoms with Gasteiger partial charge in [-0.05, 0) is 50.4 Å². The molecule has 5 nitrogen and oxygen atoms in total. The first-order valence-corrected chi connectivity index (χ1v) is 8.57. The third kappa shape index (κ3) is 6.28. The fourth-order valence-electron chi connectivity index (χ4n) is 2.83. The van der Waals surface area contributed by atoms with Crippen LogP contribution in [0.3, 0.4) is 0 Å². The van der Waals surface area contributed by atoms with Gasteiger partial charge in [0.25, 0.3) is 0 Å². The molecule has 0 aromatic heterocycles. The Balaban J connectivity index is 1.55. The van der Waals surface area contributed by atoms with Crippen LogP contribution < -0.4 is 10.7 Å². The van der Waals surface area contributed by atoms with Gasteiger partial charge in [0.05, 0.1) is 13.2 Å². The van der Waals surface area contributed by atoms with E-state index in [9.17, 15) is 0 Å². The molecule has 6 heteroatoms. The third-order valence-electron chi connectivity index (χ3n) is 4.23. The Hall–Kier alpha value is -0.720. The maximum Gasteiger partial charge on any atom is 0.186 e. The zero-order valence-corrected chi connectivity index (χ0v) is 13.9. The van der Waals surface area contributed by atoms with Gasteiger partial charge in [-0.25, -0.2) is 0 Å². The highest BCUT2D eigenvalue weighted by Crippen LogP contribution is 2.20. The van der Waals surface area contributed by atoms with Crippen LogP contribution in [0.2, 0.25) is 0 Å². The molecule has 21 heavy (non-hydrogen) atoms. The van der Waals surface area contributed by atoms with Gasteiger partial charge in [-0.3, -0.25) is 10.3 Å². The van der Waals surface area contributed by atoms with Crippen molar-refractivity contribution in [3.8, 4) is 0 Å². The maximum absolute atomic E-state index is 5.34. The van der Waals surface area contributed by atoms with Gasteiger partial charge < -0.3 is 10.1 Å². The molecule has 2 aliphatic rings. The summed E-state index contributed by atoms with van der Waals surface area (Å²) in [4.78, 5) is 2.44. The molecule has 1 aliphatic heterocycles. The topological polar surface area (TPSA) is 48.9 Å². The lowest BCUT2D eigenvalue weighted by Gasteiger charge is -2.26. The van der Waals surface area contributed by atoms with E-state index < -0.39 is 0 Å². The van der Waals surface area contributed by atoms with Crippen molar-refractivity contribution in [2.24, 2.45) is 11.0 Å². The van der Waals surface area contributed by atoms with Gasteiger partial charge in [-0.15, -0.1) is 0 Å². The molecule has 0 radical (unpaired) electrons. The molecule has 0 unspecified atom stereocenters. The molecule has 2 fully saturated rings. The Labute approximate surface area is 133 Å². The second-order valence-electron chi connectivity index (χ2n) is 5.93. The summed E-state index contributed by atoms with van der Waals surface area (Å²) in [6, 6.07) is 0. The molecule has 1 atom stereocenters. The molecule has 0 aromatic carbocycles. The van der Waals surface area contributed by atoms with E-state index in [2.05, 4.69) is 27.7 Å². The minimum atomic E-state index is 0.593. The van der Waals surface area contributed by atoms with Crippen molar-refractivity contribution in [3.63, 3.8) is 0 Å². The first-order valence-electron chi connectivity index (χ1n) is 8.16. The van der Waals surface area contributed by atoms with Crippen LogP contribution in [-0.4, -0.2) is 55.1 Å². The lowest BCUT2D eigenvalue weighted by molar-refractivity contribution is 0.0376. The number of nitrogens with zero attached hydrogens (tertiary/aromatic N) is 2. The quantitative estimate of drug-likeness (QED) is 0.460. The Morgan fingerprint density at radius 2 is 2.19 bits per heavy atom. The van der Waals surface area contributed by atoms with E-state index in [1.807, 2.05) is 0 Å². The normalized spacial score (nSPS) is 25.8. The number of hydrazone groups is 1. The number of hydrogen-bond acceptors (Lipinski definition) is 4. The molecule has 120 valence electrons. The number of thiocarbonyl (C=S) groups is 1. The predicted octanol–water partition coefficient (Wildman–Crippen LogP) is 1.74. The van der Waals surface area contributed by atoms with E-state index in [-0.39, 0.29) is 0 Å². The molecule has 0 bridgehead atoms. The van der Waals surface area contributed by atoms with Gasteiger partial charge in [-0.2, -0.15) is 5.10 Å². The highest BCUT2D eigenvalue weighted by Gasteiger charge is 2.15. The summed E-state index contributed by atoms with van der Waals surface area (Å²) in [7, 11) is 0. The van der Waals surface area contributed by atoms with E-state index in [1.54, 1.807) is 0 Å². The average molecular weight is 312 g/mol. The van der Waals surface area contributed by atoms with Crippen molar-refractivity contribution in [1.82, 2.24) is 15.6 Å². The van der Waals surface area contributed by atoms with Crippen molar-refractivity contribution >= 4 is 23.0 Å². The maximum atomic E-state index is 5.34. The molecule has 1 saturated carbocycles. The number of hydrogen-bond donors (Lipinski definition) is 2. The van der Waals surface area contributed by atoms with Gasteiger partial charge in [0.15, 0.2) is 5.11 Å². The zero-order valence-electron chi connectivity index (χ0n) is 13.1. The molecule has 0 amide bonds. The summed E-state index contributed by atoms with van der Waals surface area (Å²) in [5.74, 6) is 0.593. The van der Waals surface area contributed by atoms with Crippen LogP contribution in [0.15, 0.2) is 5.10 Å². The van der Waals surface area contributed by atoms with Gasteiger partial charge in [0, 0.05) is 25.3 Å². The number of rotatable bonds is 5. The molecule has 1 saturated heterocycles. The lowest BCUT2D eigenvalue weighted by atomic mass is 9.89. The highest BCUT2D eigenvalue weighted by molar-refractivity contribution is 7.80. The second kappa shape index (κ2) is 9.33. The number of morpholine rings is 1. The molecule has 2 N–H and O–H groups in total. The molecule has 1 heterocycles. The minimum Gasteiger partial charge on any atom is -0.379 e. The summed E-state index contributed by atoms with van der Waals surface area (Å²) in [6.07, 6.45) is 6.03. The molecule has 0 aromatic rings. The summed E-state index contributed by atoms with van der Waals surface area (Å²) in [5, 5.41) is 8.34. The summed E-state index contributed by atoms with van der Waals surface area (Å²) in [5.41, 5.74) is 4.26. The highest BCUT2D eigenvalue weighted by atomic mass is 32.1. The Kier molecular flexibility index (Phi) is 7.39. The number of nitrogens with one attached hydrogen (secondary N) is 2. The van der Waals surface area contributed by atoms with E-state index in [1.165, 1.54) is 25.0 Å². The third-order valence-corrected chi connectivity index (χ3v) is 4.47. The first-order chi connectivity index (χ1) is 10.3. The second-order valence-corrected chi connectivity index (χ2v) is 6.33. The van der Waals surface area contributed by atoms with Crippen molar-refractivity contribution < 1.29 is 4.74 Å². The van der Waals surface area contributed by atoms with Crippen molar-refractivity contribution in [2.45, 2.75) is 39.0 Å². The van der Waals surface area contributed by atoms with Gasteiger partial charge in [0.1, 0.15) is 0 Å². The SMILES string of the molecule is C[C@@H]1CCCC/C1=N/NC(=S)NCCCN1CCOCC1. The van der Waals surface area contributed by atoms with E-state index in [0.29, 0.717) is 11.0 Å². The molecule has 2 rings (SSSR count). The van der Waals surface area contributed by atoms with Crippen molar-refractivity contribution in [2.75, 3.05) is 39.4 Å². The lowest BCUT2D eigenvalue weighted by Crippen LogP contribution is -2.39. The largest absolute Gasteiger partial charge is 0.379 e. The van der Waals surface area contributed by atoms with Crippen molar-refractivity contribution in [1.29, 1.82) is 0 Å². The van der Waals surface area contributed by atoms with Crippen LogP contribution in [0.4, 0.5) is 0 Å². The minimum absolute atomic E-state index is 0.593. The summed E-state index contributed by atoms with van der Waals surface area (Å²) < 4.78 is 5.34. The molecular weight excluding hydrogens is 284 g/mol. The Bertz CT molecular complexity index is 356. The smallest absolute Gasteiger partial charge is 0.186 e. The zero-order chi connectivity index (χ0) is 14.9. The van der Waals surface area contributed by atoms with Gasteiger partial charge in [0.2, 0.25) is 0 Å². The molecule has 1 aliphatic carbocycles. The van der Waals surface area contributed by atoms with E-state index >= 15 is 0 Å². The Morgan fingerprint density at radius 1 is 1.38 bits per heavy atom. The van der Waals surface area contributed by atoms with Crippen LogP contribution in [0.1, 0.15) is 39.0 Å². The van der Waals surface area contributed by atoms with E-state index in [0.717, 1.165) is 52.2 Å². The standard InChI is InChI=1S/C15H28N4OS/c1-13-5-2-3-6-14(13)17-18-15(21)16-7-4-8-19-9-11-20-12-10-19/h13H,2-12H2,1H3,(H2,16,18,21)/b17-14-/t13-/m1/s1. The van der Waals surface area contributed by atoms with Crippen LogP contribution >= 0.6 is 12.2 Å². The number of ether oxygens (including phenoxy) is 1. The van der Waals surface area contributed by atoms with Gasteiger partial charge in [-0.1, -0.05) is 13.3 Å². The summed E-state index contributed by atoms with van der Waals surface area (Å²) in [6.45, 7) is 8.07. The van der Waals surface area contributed by atoms with Crippen LogP contribution in [-0.2, 0) is 4.74 Å². The monoisotopic (exact) mass is 312 g/mol. The van der Waals surface area contributed by atoms with Gasteiger partial charge >= 0.3 is 0 Å². The van der Waals surface area contributed by atoms with Crippen LogP contribution in [0.25, 0.3) is 0 Å². The van der Waals surface area contributed by atoms with Crippen LogP contribution in [0.5, 0.6) is 0 Å². The fourth-order valence-corrected chi connectivity index (χ4v) is 2.97. The van der Waals surface area contributed by atoms with Crippen molar-refractivity contribution in [3.05, 3.63) is 0 Å². The fraction of sp³-hybridized carbons (Fsp3) is 0.867. The molecular formula is C15H28N4OS. The van der Waals surface area contributed by atoms with Crippen LogP contribution in [0, 0.1) is 5.92 Å². The molecule has 0 spiro atoms. The Morgan fingerprint density at radius 3 is 2.95 bits per heavy atom. The first kappa shape index (κ1) is 16.6. The predicted molar refractivity (Wildman–Crippen MR) is 90.7 cm³/mol. The summed E-state index contributed by atoms with van der Waals surface area (Å²) >= 11 is 5.27. The average Bonchev–Trinajstić information content (AvgIpc) is 2.52. The van der Waals surface area contributed by atoms with E-state index in [4.69, 9.17) is 17.0 Å².